The van der Waals surface area contributed by atoms with Crippen molar-refractivity contribution < 1.29 is 46.8 Å². The van der Waals surface area contributed by atoms with Crippen molar-refractivity contribution in [3.05, 3.63) is 58.1 Å². The lowest BCUT2D eigenvalue weighted by Crippen LogP contribution is -2.37. The molecule has 0 saturated heterocycles. The highest BCUT2D eigenvalue weighted by Gasteiger charge is 2.22. The van der Waals surface area contributed by atoms with Crippen molar-refractivity contribution in [3.8, 4) is 0 Å². The summed E-state index contributed by atoms with van der Waals surface area (Å²) < 4.78 is 33.9. The van der Waals surface area contributed by atoms with Crippen LogP contribution in [0.25, 0.3) is 0 Å². The molecule has 61 heavy (non-hydrogen) atoms. The fourth-order valence-electron chi connectivity index (χ4n) is 6.47. The number of halogens is 2. The first kappa shape index (κ1) is 54.4. The van der Waals surface area contributed by atoms with Gasteiger partial charge in [0.1, 0.15) is 19.8 Å². The van der Waals surface area contributed by atoms with Crippen molar-refractivity contribution in [1.29, 1.82) is 0 Å². The minimum atomic E-state index is -4.69. The second-order valence-electron chi connectivity index (χ2n) is 16.8. The van der Waals surface area contributed by atoms with E-state index in [0.717, 1.165) is 30.5 Å². The maximum Gasteiger partial charge on any atom is 0.306 e. The molecule has 0 aliphatic carbocycles. The SMILES string of the molecule is CCCCCCCCCCCCCCCCCC(=O)OCC(COP(=O)([O-])OCC[N+](C)(C)C)OC(=O)CCCCCNC(=O)Cc1cccc(Nc2c(Cl)cccc2Cl)c1. The molecule has 346 valence electrons. The van der Waals surface area contributed by atoms with Gasteiger partial charge in [0.2, 0.25) is 5.91 Å². The van der Waals surface area contributed by atoms with Gasteiger partial charge >= 0.3 is 11.9 Å². The monoisotopic (exact) mass is 913 g/mol. The van der Waals surface area contributed by atoms with E-state index in [2.05, 4.69) is 17.6 Å². The summed E-state index contributed by atoms with van der Waals surface area (Å²) in [6, 6.07) is 12.7. The Kier molecular flexibility index (Phi) is 28.6. The maximum atomic E-state index is 12.8. The summed E-state index contributed by atoms with van der Waals surface area (Å²) >= 11 is 12.6. The van der Waals surface area contributed by atoms with Crippen molar-refractivity contribution >= 4 is 60.2 Å². The van der Waals surface area contributed by atoms with Gasteiger partial charge in [0.25, 0.3) is 7.82 Å². The zero-order valence-electron chi connectivity index (χ0n) is 37.3. The van der Waals surface area contributed by atoms with Gasteiger partial charge in [-0.05, 0) is 49.1 Å². The van der Waals surface area contributed by atoms with Gasteiger partial charge < -0.3 is 38.5 Å². The third-order valence-electron chi connectivity index (χ3n) is 10.0. The first-order chi connectivity index (χ1) is 29.2. The molecule has 0 saturated carbocycles. The molecular formula is C46H74Cl2N3O9P. The molecule has 0 spiro atoms. The van der Waals surface area contributed by atoms with E-state index in [-0.39, 0.29) is 38.4 Å². The molecule has 2 aromatic carbocycles. The van der Waals surface area contributed by atoms with Gasteiger partial charge in [-0.25, -0.2) is 0 Å². The molecule has 0 bridgehead atoms. The Morgan fingerprint density at radius 1 is 0.721 bits per heavy atom. The van der Waals surface area contributed by atoms with Crippen molar-refractivity contribution in [2.45, 2.75) is 148 Å². The van der Waals surface area contributed by atoms with Gasteiger partial charge in [-0.2, -0.15) is 0 Å². The van der Waals surface area contributed by atoms with Crippen LogP contribution in [0, 0.1) is 0 Å². The second-order valence-corrected chi connectivity index (χ2v) is 19.1. The summed E-state index contributed by atoms with van der Waals surface area (Å²) in [5.41, 5.74) is 2.15. The van der Waals surface area contributed by atoms with Crippen LogP contribution in [0.2, 0.25) is 10.0 Å². The molecular weight excluding hydrogens is 840 g/mol. The Morgan fingerprint density at radius 2 is 1.26 bits per heavy atom. The standard InChI is InChI=1S/C46H74Cl2N3O9P/c1-5-6-7-8-9-10-11-12-13-14-15-16-17-18-20-29-44(53)57-36-40(37-59-61(55,56)58-33-32-51(2,3)4)60-45(54)30-21-19-22-31-49-43(52)35-38-25-23-26-39(34-38)50-46-41(47)27-24-28-42(46)48/h23-28,34,40,50H,5-22,29-33,35-37H2,1-4H3,(H-,49,52,55,56). The number of unbranched alkanes of at least 4 members (excludes halogenated alkanes) is 16. The molecule has 2 N–H and O–H groups in total. The van der Waals surface area contributed by atoms with E-state index in [1.165, 1.54) is 70.6 Å². The molecule has 2 aromatic rings. The number of hydrogen-bond acceptors (Lipinski definition) is 10. The number of carbonyl (C=O) groups is 3. The number of nitrogens with zero attached hydrogens (tertiary/aromatic N) is 1. The highest BCUT2D eigenvalue weighted by atomic mass is 35.5. The number of carbonyl (C=O) groups excluding carboxylic acids is 3. The number of esters is 2. The number of likely N-dealkylation sites (N-methyl/N-ethyl adjacent to an activating group) is 1. The number of para-hydroxylation sites is 1. The number of amides is 1. The number of hydrogen-bond donors (Lipinski definition) is 2. The Hall–Kier alpha value is -2.70. The molecule has 2 unspecified atom stereocenters. The summed E-state index contributed by atoms with van der Waals surface area (Å²) in [5, 5.41) is 7.09. The van der Waals surface area contributed by atoms with Crippen LogP contribution < -0.4 is 15.5 Å². The molecule has 0 heterocycles. The van der Waals surface area contributed by atoms with E-state index in [1.54, 1.807) is 18.2 Å². The number of ether oxygens (including phenoxy) is 2. The molecule has 12 nitrogen and oxygen atoms in total. The summed E-state index contributed by atoms with van der Waals surface area (Å²) in [4.78, 5) is 50.4. The van der Waals surface area contributed by atoms with Crippen LogP contribution in [0.4, 0.5) is 11.4 Å². The first-order valence-electron chi connectivity index (χ1n) is 22.5. The number of quaternary nitrogens is 1. The largest absolute Gasteiger partial charge is 0.756 e. The number of rotatable bonds is 36. The summed E-state index contributed by atoms with van der Waals surface area (Å²) in [6.45, 7) is 2.16. The van der Waals surface area contributed by atoms with Gasteiger partial charge in [-0.1, -0.05) is 145 Å². The molecule has 2 atom stereocenters. The topological polar surface area (TPSA) is 152 Å². The predicted octanol–water partition coefficient (Wildman–Crippen LogP) is 10.9. The number of benzene rings is 2. The van der Waals surface area contributed by atoms with Gasteiger partial charge in [-0.3, -0.25) is 18.9 Å². The number of nitrogens with one attached hydrogen (secondary N) is 2. The van der Waals surface area contributed by atoms with Crippen molar-refractivity contribution in [2.75, 3.05) is 59.4 Å². The zero-order chi connectivity index (χ0) is 44.8. The fourth-order valence-corrected chi connectivity index (χ4v) is 7.69. The quantitative estimate of drug-likeness (QED) is 0.0292. The van der Waals surface area contributed by atoms with Crippen LogP contribution in [-0.4, -0.2) is 82.5 Å². The fraction of sp³-hybridized carbons (Fsp3) is 0.674. The van der Waals surface area contributed by atoms with E-state index in [9.17, 15) is 23.8 Å². The lowest BCUT2D eigenvalue weighted by Gasteiger charge is -2.28. The van der Waals surface area contributed by atoms with Crippen LogP contribution in [0.15, 0.2) is 42.5 Å². The predicted molar refractivity (Wildman–Crippen MR) is 244 cm³/mol. The summed E-state index contributed by atoms with van der Waals surface area (Å²) in [6.07, 6.45) is 19.5. The third-order valence-corrected chi connectivity index (χ3v) is 11.6. The van der Waals surface area contributed by atoms with Gasteiger partial charge in [-0.15, -0.1) is 0 Å². The maximum absolute atomic E-state index is 12.8. The van der Waals surface area contributed by atoms with E-state index < -0.39 is 32.5 Å². The Labute approximate surface area is 376 Å². The molecule has 0 aliphatic heterocycles. The average molecular weight is 915 g/mol. The minimum Gasteiger partial charge on any atom is -0.756 e. The normalized spacial score (nSPS) is 13.0. The third kappa shape index (κ3) is 28.6. The highest BCUT2D eigenvalue weighted by Crippen LogP contribution is 2.38. The lowest BCUT2D eigenvalue weighted by molar-refractivity contribution is -0.870. The second kappa shape index (κ2) is 32.0. The summed E-state index contributed by atoms with van der Waals surface area (Å²) in [5.74, 6) is -1.15. The van der Waals surface area contributed by atoms with Gasteiger partial charge in [0.15, 0.2) is 6.10 Å². The highest BCUT2D eigenvalue weighted by molar-refractivity contribution is 7.45. The summed E-state index contributed by atoms with van der Waals surface area (Å²) in [7, 11) is 1.02. The number of phosphoric ester groups is 1. The molecule has 15 heteroatoms. The molecule has 0 aromatic heterocycles. The lowest BCUT2D eigenvalue weighted by atomic mass is 10.0. The van der Waals surface area contributed by atoms with E-state index in [1.807, 2.05) is 45.4 Å². The number of phosphoric acid groups is 1. The van der Waals surface area contributed by atoms with Crippen molar-refractivity contribution in [2.24, 2.45) is 0 Å². The van der Waals surface area contributed by atoms with Crippen molar-refractivity contribution in [3.63, 3.8) is 0 Å². The van der Waals surface area contributed by atoms with E-state index >= 15 is 0 Å². The van der Waals surface area contributed by atoms with Crippen LogP contribution in [0.5, 0.6) is 0 Å². The van der Waals surface area contributed by atoms with E-state index in [0.29, 0.717) is 59.0 Å². The number of anilines is 2. The molecule has 0 fully saturated rings. The van der Waals surface area contributed by atoms with Crippen LogP contribution in [-0.2, 0) is 43.9 Å². The first-order valence-corrected chi connectivity index (χ1v) is 24.7. The van der Waals surface area contributed by atoms with Crippen LogP contribution in [0.1, 0.15) is 141 Å². The molecule has 2 rings (SSSR count). The Morgan fingerprint density at radius 3 is 1.85 bits per heavy atom. The molecule has 0 radical (unpaired) electrons. The van der Waals surface area contributed by atoms with Gasteiger partial charge in [0.05, 0.1) is 49.9 Å². The van der Waals surface area contributed by atoms with Gasteiger partial charge in [0, 0.05) is 25.1 Å². The Balaban J connectivity index is 1.68. The van der Waals surface area contributed by atoms with E-state index in [4.69, 9.17) is 41.7 Å². The smallest absolute Gasteiger partial charge is 0.306 e. The minimum absolute atomic E-state index is 0.0573. The average Bonchev–Trinajstić information content (AvgIpc) is 3.19. The zero-order valence-corrected chi connectivity index (χ0v) is 39.7. The van der Waals surface area contributed by atoms with Crippen LogP contribution in [0.3, 0.4) is 0 Å². The molecule has 1 amide bonds. The van der Waals surface area contributed by atoms with Crippen LogP contribution >= 0.6 is 31.0 Å². The van der Waals surface area contributed by atoms with Crippen molar-refractivity contribution in [1.82, 2.24) is 5.32 Å². The Bertz CT molecular complexity index is 1570. The molecule has 0 aliphatic rings.